The Morgan fingerprint density at radius 2 is 2.10 bits per heavy atom. The van der Waals surface area contributed by atoms with Gasteiger partial charge in [0.15, 0.2) is 0 Å². The van der Waals surface area contributed by atoms with E-state index in [2.05, 4.69) is 10.3 Å². The van der Waals surface area contributed by atoms with Crippen molar-refractivity contribution in [2.24, 2.45) is 0 Å². The van der Waals surface area contributed by atoms with Crippen LogP contribution in [-0.4, -0.2) is 43.2 Å². The molecule has 3 heterocycles. The summed E-state index contributed by atoms with van der Waals surface area (Å²) in [6.45, 7) is 1.84. The minimum absolute atomic E-state index is 0.0129. The molecule has 2 aromatic heterocycles. The molecule has 4 rings (SSSR count). The number of benzene rings is 1. The van der Waals surface area contributed by atoms with Gasteiger partial charge in [0.2, 0.25) is 10.0 Å². The van der Waals surface area contributed by atoms with Crippen LogP contribution in [0.4, 0.5) is 4.39 Å². The molecule has 10 heteroatoms. The van der Waals surface area contributed by atoms with E-state index in [0.717, 1.165) is 0 Å². The molecule has 1 N–H and O–H groups in total. The molecule has 1 aliphatic heterocycles. The third-order valence-electron chi connectivity index (χ3n) is 5.37. The van der Waals surface area contributed by atoms with Crippen molar-refractivity contribution < 1.29 is 17.6 Å². The number of aryl methyl sites for hydroxylation is 1. The minimum atomic E-state index is -3.69. The van der Waals surface area contributed by atoms with E-state index in [9.17, 15) is 17.6 Å². The maximum Gasteiger partial charge on any atom is 0.251 e. The first-order valence-electron chi connectivity index (χ1n) is 9.41. The molecule has 0 spiro atoms. The molecule has 3 aromatic rings. The summed E-state index contributed by atoms with van der Waals surface area (Å²) in [4.78, 5) is 17.1. The van der Waals surface area contributed by atoms with Crippen LogP contribution >= 0.6 is 22.9 Å². The van der Waals surface area contributed by atoms with Crippen LogP contribution in [0, 0.1) is 12.7 Å². The third-order valence-corrected chi connectivity index (χ3v) is 8.23. The van der Waals surface area contributed by atoms with Gasteiger partial charge in [0.05, 0.1) is 16.0 Å². The molecule has 1 aliphatic rings. The zero-order valence-corrected chi connectivity index (χ0v) is 18.9. The predicted molar refractivity (Wildman–Crippen MR) is 117 cm³/mol. The number of nitrogens with zero attached hydrogens (tertiary/aromatic N) is 2. The Kier molecular flexibility index (Phi) is 5.87. The first-order chi connectivity index (χ1) is 14.7. The number of rotatable bonds is 6. The maximum atomic E-state index is 14.6. The predicted octanol–water partition coefficient (Wildman–Crippen LogP) is 3.62. The van der Waals surface area contributed by atoms with Gasteiger partial charge in [-0.05, 0) is 54.3 Å². The molecule has 162 valence electrons. The number of carbonyl (C=O) groups is 1. The molecule has 0 saturated carbocycles. The summed E-state index contributed by atoms with van der Waals surface area (Å²) in [6, 6.07) is 9.22. The quantitative estimate of drug-likeness (QED) is 0.585. The minimum Gasteiger partial charge on any atom is -0.351 e. The monoisotopic (exact) mass is 479 g/mol. The lowest BCUT2D eigenvalue weighted by molar-refractivity contribution is 0.0894. The van der Waals surface area contributed by atoms with Gasteiger partial charge in [0, 0.05) is 41.8 Å². The maximum absolute atomic E-state index is 14.6. The molecule has 1 saturated heterocycles. The molecule has 0 radical (unpaired) electrons. The molecule has 6 nitrogen and oxygen atoms in total. The van der Waals surface area contributed by atoms with E-state index >= 15 is 0 Å². The van der Waals surface area contributed by atoms with Crippen LogP contribution < -0.4 is 5.32 Å². The van der Waals surface area contributed by atoms with Gasteiger partial charge in [-0.2, -0.15) is 15.6 Å². The van der Waals surface area contributed by atoms with Crippen LogP contribution in [0.3, 0.4) is 0 Å². The SMILES string of the molecule is Cc1cc(Cl)ccc1C(=O)NCC1(c2ncccc2F)CN(S(=O)(=O)c2ccsc2)C1. The van der Waals surface area contributed by atoms with Crippen LogP contribution in [0.1, 0.15) is 21.6 Å². The lowest BCUT2D eigenvalue weighted by Gasteiger charge is -2.48. The van der Waals surface area contributed by atoms with Gasteiger partial charge >= 0.3 is 0 Å². The zero-order chi connectivity index (χ0) is 22.2. The molecule has 1 amide bonds. The number of hydrogen-bond acceptors (Lipinski definition) is 5. The first-order valence-corrected chi connectivity index (χ1v) is 12.2. The van der Waals surface area contributed by atoms with E-state index in [0.29, 0.717) is 16.1 Å². The lowest BCUT2D eigenvalue weighted by Crippen LogP contribution is -2.65. The third kappa shape index (κ3) is 4.10. The van der Waals surface area contributed by atoms with Crippen LogP contribution in [0.15, 0.2) is 58.3 Å². The summed E-state index contributed by atoms with van der Waals surface area (Å²) >= 11 is 7.24. The molecule has 1 fully saturated rings. The molecule has 0 unspecified atom stereocenters. The molecule has 0 atom stereocenters. The number of aromatic nitrogens is 1. The first kappa shape index (κ1) is 21.9. The summed E-state index contributed by atoms with van der Waals surface area (Å²) < 4.78 is 41.6. The highest BCUT2D eigenvalue weighted by Crippen LogP contribution is 2.38. The molecular formula is C21H19ClFN3O3S2. The highest BCUT2D eigenvalue weighted by molar-refractivity contribution is 7.89. The number of hydrogen-bond donors (Lipinski definition) is 1. The van der Waals surface area contributed by atoms with Gasteiger partial charge in [-0.25, -0.2) is 12.8 Å². The highest BCUT2D eigenvalue weighted by Gasteiger charge is 2.52. The Balaban J connectivity index is 1.58. The van der Waals surface area contributed by atoms with Crippen molar-refractivity contribution >= 4 is 38.9 Å². The standard InChI is InChI=1S/C21H19ClFN3O3S2/c1-14-9-15(22)4-5-17(14)20(27)25-11-21(19-18(23)3-2-7-24-19)12-26(13-21)31(28,29)16-6-8-30-10-16/h2-10H,11-13H2,1H3,(H,25,27). The zero-order valence-electron chi connectivity index (χ0n) is 16.5. The average molecular weight is 480 g/mol. The topological polar surface area (TPSA) is 79.4 Å². The van der Waals surface area contributed by atoms with Crippen molar-refractivity contribution in [3.8, 4) is 0 Å². The van der Waals surface area contributed by atoms with Crippen LogP contribution in [0.5, 0.6) is 0 Å². The fourth-order valence-corrected chi connectivity index (χ4v) is 6.55. The second-order valence-corrected chi connectivity index (χ2v) is 10.6. The summed E-state index contributed by atoms with van der Waals surface area (Å²) in [7, 11) is -3.69. The fraction of sp³-hybridized carbons (Fsp3) is 0.238. The number of thiophene rings is 1. The Morgan fingerprint density at radius 1 is 1.32 bits per heavy atom. The van der Waals surface area contributed by atoms with Crippen LogP contribution in [0.25, 0.3) is 0 Å². The number of nitrogens with one attached hydrogen (secondary N) is 1. The number of pyridine rings is 1. The van der Waals surface area contributed by atoms with Crippen LogP contribution in [-0.2, 0) is 15.4 Å². The van der Waals surface area contributed by atoms with Gasteiger partial charge in [-0.3, -0.25) is 9.78 Å². The van der Waals surface area contributed by atoms with Crippen molar-refractivity contribution in [1.82, 2.24) is 14.6 Å². The lowest BCUT2D eigenvalue weighted by atomic mass is 9.77. The van der Waals surface area contributed by atoms with Gasteiger partial charge < -0.3 is 5.32 Å². The summed E-state index contributed by atoms with van der Waals surface area (Å²) in [5.41, 5.74) is 0.325. The van der Waals surface area contributed by atoms with Crippen molar-refractivity contribution in [2.75, 3.05) is 19.6 Å². The number of amides is 1. The Bertz CT molecular complexity index is 1230. The highest BCUT2D eigenvalue weighted by atomic mass is 35.5. The molecule has 0 bridgehead atoms. The largest absolute Gasteiger partial charge is 0.351 e. The van der Waals surface area contributed by atoms with E-state index in [-0.39, 0.29) is 36.1 Å². The molecular weight excluding hydrogens is 461 g/mol. The van der Waals surface area contributed by atoms with Crippen LogP contribution in [0.2, 0.25) is 5.02 Å². The van der Waals surface area contributed by atoms with E-state index in [1.54, 1.807) is 35.9 Å². The van der Waals surface area contributed by atoms with E-state index in [1.165, 1.54) is 40.0 Å². The summed E-state index contributed by atoms with van der Waals surface area (Å²) in [5, 5.41) is 6.59. The van der Waals surface area contributed by atoms with Gasteiger partial charge in [0.25, 0.3) is 5.91 Å². The van der Waals surface area contributed by atoms with Gasteiger partial charge in [-0.15, -0.1) is 0 Å². The normalized spacial score (nSPS) is 16.0. The second kappa shape index (κ2) is 8.31. The van der Waals surface area contributed by atoms with E-state index in [1.807, 2.05) is 0 Å². The Hall–Kier alpha value is -2.33. The van der Waals surface area contributed by atoms with Crippen molar-refractivity contribution in [3.63, 3.8) is 0 Å². The Morgan fingerprint density at radius 3 is 2.74 bits per heavy atom. The number of halogens is 2. The molecule has 0 aliphatic carbocycles. The van der Waals surface area contributed by atoms with Gasteiger partial charge in [-0.1, -0.05) is 11.6 Å². The summed E-state index contributed by atoms with van der Waals surface area (Å²) in [5.74, 6) is -0.879. The van der Waals surface area contributed by atoms with E-state index in [4.69, 9.17) is 11.6 Å². The van der Waals surface area contributed by atoms with E-state index < -0.39 is 21.3 Å². The number of sulfonamides is 1. The Labute approximate surface area is 188 Å². The second-order valence-electron chi connectivity index (χ2n) is 7.49. The number of carbonyl (C=O) groups excluding carboxylic acids is 1. The molecule has 1 aromatic carbocycles. The van der Waals surface area contributed by atoms with Crippen molar-refractivity contribution in [3.05, 3.63) is 81.0 Å². The summed E-state index contributed by atoms with van der Waals surface area (Å²) in [6.07, 6.45) is 1.46. The van der Waals surface area contributed by atoms with Crippen molar-refractivity contribution in [2.45, 2.75) is 17.2 Å². The molecule has 31 heavy (non-hydrogen) atoms. The smallest absolute Gasteiger partial charge is 0.251 e. The average Bonchev–Trinajstić information content (AvgIpc) is 3.23. The fourth-order valence-electron chi connectivity index (χ4n) is 3.69. The van der Waals surface area contributed by atoms with Gasteiger partial charge in [0.1, 0.15) is 5.82 Å². The van der Waals surface area contributed by atoms with Crippen molar-refractivity contribution in [1.29, 1.82) is 0 Å².